The predicted molar refractivity (Wildman–Crippen MR) is 73.8 cm³/mol. The Morgan fingerprint density at radius 2 is 2.11 bits per heavy atom. The highest BCUT2D eigenvalue weighted by molar-refractivity contribution is 9.10. The monoisotopic (exact) mass is 334 g/mol. The summed E-state index contributed by atoms with van der Waals surface area (Å²) < 4.78 is 22.1. The highest BCUT2D eigenvalue weighted by Gasteiger charge is 2.09. The number of amides is 1. The summed E-state index contributed by atoms with van der Waals surface area (Å²) in [7, 11) is -3.46. The van der Waals surface area contributed by atoms with Gasteiger partial charge in [0.2, 0.25) is 10.0 Å². The van der Waals surface area contributed by atoms with E-state index in [1.54, 1.807) is 6.07 Å². The van der Waals surface area contributed by atoms with Gasteiger partial charge in [0.1, 0.15) is 0 Å². The van der Waals surface area contributed by atoms with Gasteiger partial charge in [0, 0.05) is 11.0 Å². The number of carbonyl (C=O) groups is 1. The Bertz CT molecular complexity index is 543. The van der Waals surface area contributed by atoms with Crippen LogP contribution in [0.5, 0.6) is 0 Å². The van der Waals surface area contributed by atoms with Crippen LogP contribution in [-0.2, 0) is 10.0 Å². The summed E-state index contributed by atoms with van der Waals surface area (Å²) in [5, 5.41) is 7.50. The first kappa shape index (κ1) is 15.1. The molecule has 1 rings (SSSR count). The smallest absolute Gasteiger partial charge is 0.252 e. The van der Waals surface area contributed by atoms with Gasteiger partial charge >= 0.3 is 0 Å². The number of hydrogen-bond donors (Lipinski definition) is 2. The highest BCUT2D eigenvalue weighted by atomic mass is 79.9. The molecule has 0 saturated heterocycles. The number of rotatable bonds is 5. The van der Waals surface area contributed by atoms with E-state index in [1.165, 1.54) is 0 Å². The van der Waals surface area contributed by atoms with E-state index in [4.69, 9.17) is 5.14 Å². The van der Waals surface area contributed by atoms with Gasteiger partial charge in [0.15, 0.2) is 0 Å². The van der Waals surface area contributed by atoms with Gasteiger partial charge < -0.3 is 5.32 Å². The summed E-state index contributed by atoms with van der Waals surface area (Å²) in [6.45, 7) is 2.20. The van der Waals surface area contributed by atoms with Gasteiger partial charge in [-0.1, -0.05) is 6.07 Å². The molecule has 0 bridgehead atoms. The van der Waals surface area contributed by atoms with Crippen molar-refractivity contribution in [3.63, 3.8) is 0 Å². The average molecular weight is 335 g/mol. The van der Waals surface area contributed by atoms with Crippen LogP contribution in [0.15, 0.2) is 22.7 Å². The molecule has 5 nitrogen and oxygen atoms in total. The third-order valence-electron chi connectivity index (χ3n) is 2.26. The lowest BCUT2D eigenvalue weighted by atomic mass is 10.1. The fourth-order valence-electron chi connectivity index (χ4n) is 1.37. The van der Waals surface area contributed by atoms with E-state index in [0.29, 0.717) is 16.5 Å². The molecule has 0 fully saturated rings. The topological polar surface area (TPSA) is 89.3 Å². The minimum Gasteiger partial charge on any atom is -0.352 e. The molecule has 3 N–H and O–H groups in total. The summed E-state index contributed by atoms with van der Waals surface area (Å²) in [6, 6.07) is 5.40. The summed E-state index contributed by atoms with van der Waals surface area (Å²) in [5.74, 6) is -0.376. The number of sulfonamides is 1. The van der Waals surface area contributed by atoms with Crippen molar-refractivity contribution < 1.29 is 13.2 Å². The molecule has 1 aromatic carbocycles. The minimum atomic E-state index is -3.46. The van der Waals surface area contributed by atoms with Crippen LogP contribution in [0.1, 0.15) is 22.3 Å². The van der Waals surface area contributed by atoms with E-state index in [-0.39, 0.29) is 18.2 Å². The van der Waals surface area contributed by atoms with Crippen LogP contribution in [0.4, 0.5) is 0 Å². The first-order valence-electron chi connectivity index (χ1n) is 5.34. The molecule has 0 aliphatic heterocycles. The van der Waals surface area contributed by atoms with Gasteiger partial charge in [-0.25, -0.2) is 13.6 Å². The highest BCUT2D eigenvalue weighted by Crippen LogP contribution is 2.18. The van der Waals surface area contributed by atoms with Crippen molar-refractivity contribution in [3.05, 3.63) is 33.8 Å². The summed E-state index contributed by atoms with van der Waals surface area (Å²) in [4.78, 5) is 11.8. The van der Waals surface area contributed by atoms with E-state index in [1.807, 2.05) is 19.1 Å². The summed E-state index contributed by atoms with van der Waals surface area (Å²) in [5.41, 5.74) is 1.57. The Kier molecular flexibility index (Phi) is 5.30. The quantitative estimate of drug-likeness (QED) is 0.792. The number of nitrogens with two attached hydrogens (primary N) is 1. The Hall–Kier alpha value is -0.920. The molecule has 7 heteroatoms. The lowest BCUT2D eigenvalue weighted by molar-refractivity contribution is 0.0953. The Morgan fingerprint density at radius 1 is 1.44 bits per heavy atom. The molecule has 0 saturated carbocycles. The number of halogens is 1. The molecule has 18 heavy (non-hydrogen) atoms. The first-order valence-corrected chi connectivity index (χ1v) is 7.85. The fraction of sp³-hybridized carbons (Fsp3) is 0.364. The van der Waals surface area contributed by atoms with Crippen molar-refractivity contribution in [1.82, 2.24) is 5.32 Å². The number of primary sulfonamides is 1. The molecule has 0 aliphatic rings. The van der Waals surface area contributed by atoms with Crippen molar-refractivity contribution in [2.45, 2.75) is 13.3 Å². The Labute approximate surface area is 115 Å². The zero-order valence-electron chi connectivity index (χ0n) is 9.94. The van der Waals surface area contributed by atoms with Crippen molar-refractivity contribution in [2.24, 2.45) is 5.14 Å². The second-order valence-electron chi connectivity index (χ2n) is 3.96. The molecular weight excluding hydrogens is 320 g/mol. The van der Waals surface area contributed by atoms with Crippen LogP contribution in [0, 0.1) is 6.92 Å². The fourth-order valence-corrected chi connectivity index (χ4v) is 2.59. The third kappa shape index (κ3) is 5.16. The molecule has 0 aliphatic carbocycles. The molecule has 1 amide bonds. The maximum atomic E-state index is 11.8. The summed E-state index contributed by atoms with van der Waals surface area (Å²) >= 11 is 3.31. The lowest BCUT2D eigenvalue weighted by Gasteiger charge is -2.07. The van der Waals surface area contributed by atoms with Gasteiger partial charge in [-0.2, -0.15) is 0 Å². The zero-order valence-corrected chi connectivity index (χ0v) is 12.3. The normalized spacial score (nSPS) is 11.3. The number of aryl methyl sites for hydroxylation is 1. The van der Waals surface area contributed by atoms with Gasteiger partial charge in [0.25, 0.3) is 5.91 Å². The molecule has 100 valence electrons. The van der Waals surface area contributed by atoms with E-state index in [2.05, 4.69) is 21.2 Å². The van der Waals surface area contributed by atoms with Crippen LogP contribution in [0.25, 0.3) is 0 Å². The van der Waals surface area contributed by atoms with Gasteiger partial charge in [-0.05, 0) is 47.0 Å². The first-order chi connectivity index (χ1) is 8.29. The van der Waals surface area contributed by atoms with E-state index >= 15 is 0 Å². The van der Waals surface area contributed by atoms with E-state index in [0.717, 1.165) is 5.56 Å². The van der Waals surface area contributed by atoms with Crippen LogP contribution >= 0.6 is 15.9 Å². The third-order valence-corrected chi connectivity index (χ3v) is 3.77. The van der Waals surface area contributed by atoms with Crippen LogP contribution < -0.4 is 10.5 Å². The minimum absolute atomic E-state index is 0.137. The van der Waals surface area contributed by atoms with Gasteiger partial charge in [-0.3, -0.25) is 4.79 Å². The SMILES string of the molecule is Cc1ccc(C(=O)NCCCS(N)(=O)=O)c(Br)c1. The zero-order chi connectivity index (χ0) is 13.8. The van der Waals surface area contributed by atoms with Gasteiger partial charge in [0.05, 0.1) is 11.3 Å². The van der Waals surface area contributed by atoms with Crippen LogP contribution in [-0.4, -0.2) is 26.6 Å². The number of carbonyl (C=O) groups excluding carboxylic acids is 1. The molecule has 0 aromatic heterocycles. The largest absolute Gasteiger partial charge is 0.352 e. The van der Waals surface area contributed by atoms with Crippen molar-refractivity contribution >= 4 is 31.9 Å². The molecule has 1 aromatic rings. The maximum Gasteiger partial charge on any atom is 0.252 e. The average Bonchev–Trinajstić information content (AvgIpc) is 2.22. The van der Waals surface area contributed by atoms with Crippen molar-refractivity contribution in [1.29, 1.82) is 0 Å². The Balaban J connectivity index is 2.51. The predicted octanol–water partition coefficient (Wildman–Crippen LogP) is 1.17. The molecule has 0 unspecified atom stereocenters. The number of hydrogen-bond acceptors (Lipinski definition) is 3. The molecule has 0 atom stereocenters. The molecular formula is C11H15BrN2O3S. The van der Waals surface area contributed by atoms with E-state index in [9.17, 15) is 13.2 Å². The Morgan fingerprint density at radius 3 is 2.67 bits per heavy atom. The number of benzene rings is 1. The molecule has 0 spiro atoms. The van der Waals surface area contributed by atoms with Crippen molar-refractivity contribution in [2.75, 3.05) is 12.3 Å². The number of nitrogens with one attached hydrogen (secondary N) is 1. The van der Waals surface area contributed by atoms with Crippen LogP contribution in [0.2, 0.25) is 0 Å². The van der Waals surface area contributed by atoms with Crippen molar-refractivity contribution in [3.8, 4) is 0 Å². The van der Waals surface area contributed by atoms with E-state index < -0.39 is 10.0 Å². The van der Waals surface area contributed by atoms with Gasteiger partial charge in [-0.15, -0.1) is 0 Å². The molecule has 0 radical (unpaired) electrons. The van der Waals surface area contributed by atoms with Crippen LogP contribution in [0.3, 0.4) is 0 Å². The lowest BCUT2D eigenvalue weighted by Crippen LogP contribution is -2.27. The maximum absolute atomic E-state index is 11.8. The molecule has 0 heterocycles. The summed E-state index contributed by atoms with van der Waals surface area (Å²) in [6.07, 6.45) is 0.300. The second-order valence-corrected chi connectivity index (χ2v) is 6.55. The second kappa shape index (κ2) is 6.31. The standard InChI is InChI=1S/C11H15BrN2O3S/c1-8-3-4-9(10(12)7-8)11(15)14-5-2-6-18(13,16)17/h3-4,7H,2,5-6H2,1H3,(H,14,15)(H2,13,16,17).